The predicted octanol–water partition coefficient (Wildman–Crippen LogP) is 8.52. The highest BCUT2D eigenvalue weighted by atomic mass is 32.2. The van der Waals surface area contributed by atoms with E-state index in [0.717, 1.165) is 62.4 Å². The Hall–Kier alpha value is -2.07. The molecule has 0 amide bonds. The number of hydrogen-bond donors (Lipinski definition) is 0. The van der Waals surface area contributed by atoms with Crippen molar-refractivity contribution in [2.45, 2.75) is 108 Å². The van der Waals surface area contributed by atoms with Crippen LogP contribution in [-0.2, 0) is 16.0 Å². The van der Waals surface area contributed by atoms with Crippen molar-refractivity contribution in [1.29, 1.82) is 0 Å². The fraction of sp³-hybridized carbons (Fsp3) is 0.700. The maximum atomic E-state index is 12.8. The van der Waals surface area contributed by atoms with Crippen molar-refractivity contribution in [3.05, 3.63) is 45.4 Å². The van der Waals surface area contributed by atoms with Gasteiger partial charge in [-0.3, -0.25) is 4.79 Å². The van der Waals surface area contributed by atoms with Gasteiger partial charge in [-0.25, -0.2) is 0 Å². The average molecular weight is 591 g/mol. The summed E-state index contributed by atoms with van der Waals surface area (Å²) in [7, 11) is 1.66. The first-order valence-electron chi connectivity index (χ1n) is 14.1. The van der Waals surface area contributed by atoms with E-state index in [-0.39, 0.29) is 23.9 Å². The standard InChI is InChI=1S/C30H42N2O6S2/c1-18(16-28(2,3)39-31-34)37-25-14-19-8-9-21-20(22(19)15-24(25)36-7)12-13-30(6)23(21)10-11-26(30)38-27(33)17-29(4,5)40-32-35/h14-15,20-21,23,26H,1,8-13,16-17H2,2-7H3/t20-,21+,23-,26-,30-/m0/s1. The summed E-state index contributed by atoms with van der Waals surface area (Å²) in [5, 5.41) is 0. The second-order valence-electron chi connectivity index (χ2n) is 13.1. The molecule has 0 aliphatic heterocycles. The Morgan fingerprint density at radius 3 is 2.35 bits per heavy atom. The molecule has 8 nitrogen and oxygen atoms in total. The molecule has 0 unspecified atom stereocenters. The molecule has 0 heterocycles. The van der Waals surface area contributed by atoms with Crippen LogP contribution in [0.2, 0.25) is 0 Å². The molecule has 0 aromatic heterocycles. The Balaban J connectivity index is 1.48. The first kappa shape index (κ1) is 30.9. The van der Waals surface area contributed by atoms with Crippen molar-refractivity contribution in [2.75, 3.05) is 7.11 Å². The van der Waals surface area contributed by atoms with Gasteiger partial charge in [0.25, 0.3) is 0 Å². The smallest absolute Gasteiger partial charge is 0.307 e. The van der Waals surface area contributed by atoms with Crippen molar-refractivity contribution in [1.82, 2.24) is 0 Å². The van der Waals surface area contributed by atoms with Gasteiger partial charge in [-0.1, -0.05) is 13.5 Å². The van der Waals surface area contributed by atoms with Crippen LogP contribution in [0.4, 0.5) is 0 Å². The number of benzene rings is 1. The summed E-state index contributed by atoms with van der Waals surface area (Å²) in [5.74, 6) is 3.13. The molecular formula is C30H42N2O6S2. The lowest BCUT2D eigenvalue weighted by molar-refractivity contribution is -0.158. The van der Waals surface area contributed by atoms with Gasteiger partial charge < -0.3 is 14.2 Å². The van der Waals surface area contributed by atoms with Crippen LogP contribution < -0.4 is 9.47 Å². The van der Waals surface area contributed by atoms with Gasteiger partial charge in [0, 0.05) is 54.4 Å². The number of allylic oxidation sites excluding steroid dienone is 1. The highest BCUT2D eigenvalue weighted by Crippen LogP contribution is 2.62. The molecule has 4 rings (SSSR count). The summed E-state index contributed by atoms with van der Waals surface area (Å²) in [5.41, 5.74) is 2.59. The summed E-state index contributed by atoms with van der Waals surface area (Å²) in [4.78, 5) is 34.3. The van der Waals surface area contributed by atoms with Crippen molar-refractivity contribution in [2.24, 2.45) is 26.4 Å². The largest absolute Gasteiger partial charge is 0.493 e. The number of hydrogen-bond acceptors (Lipinski definition) is 10. The van der Waals surface area contributed by atoms with Crippen LogP contribution in [0.1, 0.15) is 96.6 Å². The van der Waals surface area contributed by atoms with Gasteiger partial charge in [0.2, 0.25) is 0 Å². The van der Waals surface area contributed by atoms with Crippen LogP contribution in [0, 0.1) is 27.1 Å². The van der Waals surface area contributed by atoms with Crippen molar-refractivity contribution >= 4 is 29.9 Å². The minimum atomic E-state index is -0.571. The summed E-state index contributed by atoms with van der Waals surface area (Å²) >= 11 is 1.88. The molecule has 1 aromatic carbocycles. The Morgan fingerprint density at radius 2 is 1.70 bits per heavy atom. The van der Waals surface area contributed by atoms with E-state index in [9.17, 15) is 14.6 Å². The van der Waals surface area contributed by atoms with Crippen LogP contribution >= 0.6 is 23.9 Å². The van der Waals surface area contributed by atoms with Crippen molar-refractivity contribution in [3.63, 3.8) is 0 Å². The summed E-state index contributed by atoms with van der Waals surface area (Å²) < 4.78 is 22.9. The van der Waals surface area contributed by atoms with E-state index in [1.54, 1.807) is 7.11 Å². The van der Waals surface area contributed by atoms with Gasteiger partial charge >= 0.3 is 5.97 Å². The Bertz CT molecular complexity index is 1160. The van der Waals surface area contributed by atoms with E-state index < -0.39 is 9.49 Å². The minimum Gasteiger partial charge on any atom is -0.493 e. The van der Waals surface area contributed by atoms with Crippen molar-refractivity contribution < 1.29 is 19.0 Å². The summed E-state index contributed by atoms with van der Waals surface area (Å²) in [6, 6.07) is 4.26. The van der Waals surface area contributed by atoms with Gasteiger partial charge in [0.15, 0.2) is 11.5 Å². The quantitative estimate of drug-likeness (QED) is 0.103. The molecule has 0 bridgehead atoms. The highest BCUT2D eigenvalue weighted by molar-refractivity contribution is 7.99. The zero-order valence-corrected chi connectivity index (χ0v) is 26.1. The molecule has 3 aliphatic carbocycles. The zero-order chi connectivity index (χ0) is 29.3. The van der Waals surface area contributed by atoms with Gasteiger partial charge in [0.1, 0.15) is 6.10 Å². The van der Waals surface area contributed by atoms with Crippen LogP contribution in [0.25, 0.3) is 0 Å². The molecule has 2 saturated carbocycles. The van der Waals surface area contributed by atoms with Gasteiger partial charge in [-0.05, 0) is 107 Å². The maximum absolute atomic E-state index is 12.8. The van der Waals surface area contributed by atoms with Crippen LogP contribution in [0.5, 0.6) is 11.5 Å². The Morgan fingerprint density at radius 1 is 1.02 bits per heavy atom. The monoisotopic (exact) mass is 590 g/mol. The number of esters is 1. The molecular weight excluding hydrogens is 548 g/mol. The first-order valence-corrected chi connectivity index (χ1v) is 15.6. The number of ether oxygens (including phenoxy) is 3. The zero-order valence-electron chi connectivity index (χ0n) is 24.5. The fourth-order valence-corrected chi connectivity index (χ4v) is 8.25. The van der Waals surface area contributed by atoms with Gasteiger partial charge in [-0.2, -0.15) is 0 Å². The molecule has 0 spiro atoms. The topological polar surface area (TPSA) is 104 Å². The number of methoxy groups -OCH3 is 1. The molecule has 1 aromatic rings. The summed E-state index contributed by atoms with van der Waals surface area (Å²) in [6.45, 7) is 14.0. The normalized spacial score (nSPS) is 27.6. The lowest BCUT2D eigenvalue weighted by atomic mass is 9.55. The lowest BCUT2D eigenvalue weighted by Crippen LogP contribution is -2.45. The number of aryl methyl sites for hydroxylation is 1. The Labute approximate surface area is 246 Å². The van der Waals surface area contributed by atoms with Crippen LogP contribution in [0.15, 0.2) is 33.6 Å². The molecule has 40 heavy (non-hydrogen) atoms. The first-order chi connectivity index (χ1) is 18.8. The number of nitrogens with zero attached hydrogens (tertiary/aromatic N) is 2. The fourth-order valence-electron chi connectivity index (χ4n) is 7.44. The van der Waals surface area contributed by atoms with E-state index in [4.69, 9.17) is 14.2 Å². The van der Waals surface area contributed by atoms with E-state index in [2.05, 4.69) is 34.8 Å². The molecule has 5 atom stereocenters. The lowest BCUT2D eigenvalue weighted by Gasteiger charge is -2.50. The summed E-state index contributed by atoms with van der Waals surface area (Å²) in [6.07, 6.45) is 6.59. The van der Waals surface area contributed by atoms with Gasteiger partial charge in [-0.15, -0.1) is 9.81 Å². The van der Waals surface area contributed by atoms with Crippen LogP contribution in [-0.4, -0.2) is 28.7 Å². The maximum Gasteiger partial charge on any atom is 0.307 e. The molecule has 3 aliphatic rings. The van der Waals surface area contributed by atoms with E-state index >= 15 is 0 Å². The number of rotatable bonds is 12. The molecule has 0 N–H and O–H groups in total. The third kappa shape index (κ3) is 6.53. The molecule has 10 heteroatoms. The van der Waals surface area contributed by atoms with Crippen LogP contribution in [0.3, 0.4) is 0 Å². The SMILES string of the molecule is C=C(CC(C)(C)SN=O)Oc1cc2c(cc1OC)[C@H]1CC[C@]3(C)[C@@H](OC(=O)CC(C)(C)SN=O)CC[C@H]3[C@@H]1CC2. The third-order valence-corrected chi connectivity index (χ3v) is 10.6. The number of carbonyl (C=O) groups is 1. The minimum absolute atomic E-state index is 0.0411. The van der Waals surface area contributed by atoms with E-state index in [0.29, 0.717) is 41.4 Å². The molecule has 0 radical (unpaired) electrons. The Kier molecular flexibility index (Phi) is 9.29. The predicted molar refractivity (Wildman–Crippen MR) is 161 cm³/mol. The average Bonchev–Trinajstić information content (AvgIpc) is 3.18. The van der Waals surface area contributed by atoms with E-state index in [1.165, 1.54) is 11.1 Å². The highest BCUT2D eigenvalue weighted by Gasteiger charge is 2.56. The molecule has 0 saturated heterocycles. The van der Waals surface area contributed by atoms with Gasteiger partial charge in [0.05, 0.1) is 19.3 Å². The number of carbonyl (C=O) groups excluding carboxylic acids is 1. The number of nitroso groups, excluding NO2 is 2. The number of fused-ring (bicyclic) bond motifs is 5. The third-order valence-electron chi connectivity index (χ3n) is 9.21. The second kappa shape index (κ2) is 12.0. The van der Waals surface area contributed by atoms with E-state index in [1.807, 2.05) is 27.7 Å². The van der Waals surface area contributed by atoms with Crippen molar-refractivity contribution in [3.8, 4) is 11.5 Å². The molecule has 2 fully saturated rings. The molecule has 220 valence electrons. The second-order valence-corrected chi connectivity index (χ2v) is 15.9.